The topological polar surface area (TPSA) is 118 Å². The number of ether oxygens (including phenoxy) is 2. The Morgan fingerprint density at radius 1 is 1.12 bits per heavy atom. The Labute approximate surface area is 192 Å². The van der Waals surface area contributed by atoms with Gasteiger partial charge in [-0.3, -0.25) is 9.59 Å². The summed E-state index contributed by atoms with van der Waals surface area (Å²) in [7, 11) is 0. The summed E-state index contributed by atoms with van der Waals surface area (Å²) < 4.78 is 10.8. The average molecular weight is 458 g/mol. The second kappa shape index (κ2) is 11.4. The van der Waals surface area contributed by atoms with Gasteiger partial charge in [0.2, 0.25) is 5.91 Å². The maximum atomic E-state index is 12.5. The standard InChI is InChI=1S/C23H31N5O5/c1-4-16(3)33-18-8-6-7-17(15-18)21-24-22(30)19(25-26-21)9-10-20(29)27-11-13-28(14-12-27)23(31)32-5-2/h6-8,15-16H,4-5,9-14H2,1-3H3,(H,24,26,30). The Hall–Kier alpha value is -3.43. The molecule has 0 radical (unpaired) electrons. The van der Waals surface area contributed by atoms with Gasteiger partial charge in [0.25, 0.3) is 5.56 Å². The fourth-order valence-corrected chi connectivity index (χ4v) is 3.42. The van der Waals surface area contributed by atoms with Gasteiger partial charge in [-0.2, -0.15) is 0 Å². The Morgan fingerprint density at radius 2 is 1.85 bits per heavy atom. The maximum Gasteiger partial charge on any atom is 0.409 e. The van der Waals surface area contributed by atoms with Gasteiger partial charge < -0.3 is 24.3 Å². The number of piperazine rings is 1. The first-order valence-electron chi connectivity index (χ1n) is 11.3. The zero-order chi connectivity index (χ0) is 23.8. The number of benzene rings is 1. The first-order valence-corrected chi connectivity index (χ1v) is 11.3. The molecule has 2 amide bonds. The third kappa shape index (κ3) is 6.53. The first-order chi connectivity index (χ1) is 15.9. The number of nitrogens with one attached hydrogen (secondary N) is 1. The van der Waals surface area contributed by atoms with Crippen LogP contribution in [-0.4, -0.2) is 75.9 Å². The molecule has 0 saturated carbocycles. The van der Waals surface area contributed by atoms with Crippen molar-refractivity contribution in [2.45, 2.75) is 46.1 Å². The van der Waals surface area contributed by atoms with Crippen molar-refractivity contribution in [1.82, 2.24) is 25.0 Å². The van der Waals surface area contributed by atoms with Crippen LogP contribution >= 0.6 is 0 Å². The molecule has 2 heterocycles. The largest absolute Gasteiger partial charge is 0.491 e. The van der Waals surface area contributed by atoms with E-state index in [1.165, 1.54) is 0 Å². The van der Waals surface area contributed by atoms with Gasteiger partial charge in [0.1, 0.15) is 11.4 Å². The predicted octanol–water partition coefficient (Wildman–Crippen LogP) is 2.24. The summed E-state index contributed by atoms with van der Waals surface area (Å²) in [6.45, 7) is 7.85. The van der Waals surface area contributed by atoms with Crippen LogP contribution in [0.1, 0.15) is 39.3 Å². The van der Waals surface area contributed by atoms with Crippen molar-refractivity contribution in [3.8, 4) is 17.1 Å². The Kier molecular flexibility index (Phi) is 8.39. The molecule has 33 heavy (non-hydrogen) atoms. The SMILES string of the molecule is CCOC(=O)N1CCN(C(=O)CCc2nnc(-c3cccc(OC(C)CC)c3)[nH]c2=O)CC1. The number of hydrogen-bond acceptors (Lipinski definition) is 7. The first kappa shape index (κ1) is 24.2. The van der Waals surface area contributed by atoms with Gasteiger partial charge in [-0.15, -0.1) is 10.2 Å². The zero-order valence-electron chi connectivity index (χ0n) is 19.4. The van der Waals surface area contributed by atoms with Crippen LogP contribution in [-0.2, 0) is 16.0 Å². The lowest BCUT2D eigenvalue weighted by molar-refractivity contribution is -0.132. The second-order valence-corrected chi connectivity index (χ2v) is 7.88. The van der Waals surface area contributed by atoms with Crippen molar-refractivity contribution >= 4 is 12.0 Å². The summed E-state index contributed by atoms with van der Waals surface area (Å²) in [5.41, 5.74) is 0.542. The molecule has 2 aromatic rings. The quantitative estimate of drug-likeness (QED) is 0.646. The predicted molar refractivity (Wildman–Crippen MR) is 122 cm³/mol. The molecule has 1 fully saturated rings. The second-order valence-electron chi connectivity index (χ2n) is 7.88. The van der Waals surface area contributed by atoms with Gasteiger partial charge in [0.15, 0.2) is 5.82 Å². The molecule has 1 atom stereocenters. The fourth-order valence-electron chi connectivity index (χ4n) is 3.42. The number of carbonyl (C=O) groups excluding carboxylic acids is 2. The molecule has 1 aliphatic rings. The molecule has 10 nitrogen and oxygen atoms in total. The summed E-state index contributed by atoms with van der Waals surface area (Å²) in [5, 5.41) is 8.20. The van der Waals surface area contributed by atoms with Crippen LogP contribution in [0.25, 0.3) is 11.4 Å². The van der Waals surface area contributed by atoms with Gasteiger partial charge in [0.05, 0.1) is 12.7 Å². The molecule has 0 bridgehead atoms. The number of nitrogens with zero attached hydrogens (tertiary/aromatic N) is 4. The monoisotopic (exact) mass is 457 g/mol. The van der Waals surface area contributed by atoms with Crippen molar-refractivity contribution < 1.29 is 19.1 Å². The lowest BCUT2D eigenvalue weighted by Crippen LogP contribution is -2.50. The van der Waals surface area contributed by atoms with E-state index in [2.05, 4.69) is 15.2 Å². The number of amides is 2. The van der Waals surface area contributed by atoms with E-state index >= 15 is 0 Å². The number of aromatic nitrogens is 3. The van der Waals surface area contributed by atoms with E-state index in [4.69, 9.17) is 9.47 Å². The number of aryl methyl sites for hydroxylation is 1. The summed E-state index contributed by atoms with van der Waals surface area (Å²) in [6.07, 6.45) is 0.947. The fraction of sp³-hybridized carbons (Fsp3) is 0.522. The molecule has 1 aromatic heterocycles. The lowest BCUT2D eigenvalue weighted by Gasteiger charge is -2.34. The molecular weight excluding hydrogens is 426 g/mol. The Bertz CT molecular complexity index is 1020. The van der Waals surface area contributed by atoms with Crippen LogP contribution in [0.15, 0.2) is 29.1 Å². The molecule has 178 valence electrons. The number of carbonyl (C=O) groups is 2. The van der Waals surface area contributed by atoms with Gasteiger partial charge in [0, 0.05) is 44.6 Å². The van der Waals surface area contributed by atoms with Gasteiger partial charge in [-0.05, 0) is 32.4 Å². The zero-order valence-corrected chi connectivity index (χ0v) is 19.4. The highest BCUT2D eigenvalue weighted by Crippen LogP contribution is 2.21. The average Bonchev–Trinajstić information content (AvgIpc) is 2.83. The maximum absolute atomic E-state index is 12.5. The van der Waals surface area contributed by atoms with Crippen LogP contribution in [0.3, 0.4) is 0 Å². The molecular formula is C23H31N5O5. The van der Waals surface area contributed by atoms with E-state index < -0.39 is 0 Å². The highest BCUT2D eigenvalue weighted by molar-refractivity contribution is 5.77. The van der Waals surface area contributed by atoms with Crippen molar-refractivity contribution in [2.24, 2.45) is 0 Å². The Balaban J connectivity index is 1.56. The highest BCUT2D eigenvalue weighted by atomic mass is 16.6. The molecule has 1 unspecified atom stereocenters. The molecule has 3 rings (SSSR count). The van der Waals surface area contributed by atoms with Crippen molar-refractivity contribution in [3.05, 3.63) is 40.3 Å². The number of H-pyrrole nitrogens is 1. The van der Waals surface area contributed by atoms with E-state index in [-0.39, 0.29) is 42.2 Å². The van der Waals surface area contributed by atoms with E-state index in [1.54, 1.807) is 16.7 Å². The van der Waals surface area contributed by atoms with Gasteiger partial charge in [-0.1, -0.05) is 19.1 Å². The van der Waals surface area contributed by atoms with Crippen LogP contribution < -0.4 is 10.3 Å². The van der Waals surface area contributed by atoms with Crippen molar-refractivity contribution in [3.63, 3.8) is 0 Å². The minimum Gasteiger partial charge on any atom is -0.491 e. The smallest absolute Gasteiger partial charge is 0.409 e. The lowest BCUT2D eigenvalue weighted by atomic mass is 10.2. The molecule has 1 aromatic carbocycles. The van der Waals surface area contributed by atoms with E-state index in [9.17, 15) is 14.4 Å². The number of rotatable bonds is 8. The molecule has 10 heteroatoms. The summed E-state index contributed by atoms with van der Waals surface area (Å²) in [5.74, 6) is 0.959. The molecule has 1 N–H and O–H groups in total. The van der Waals surface area contributed by atoms with E-state index in [0.29, 0.717) is 49.9 Å². The van der Waals surface area contributed by atoms with Crippen LogP contribution in [0, 0.1) is 0 Å². The third-order valence-electron chi connectivity index (χ3n) is 5.52. The summed E-state index contributed by atoms with van der Waals surface area (Å²) in [6, 6.07) is 7.32. The molecule has 0 aliphatic carbocycles. The van der Waals surface area contributed by atoms with Crippen LogP contribution in [0.4, 0.5) is 4.79 Å². The Morgan fingerprint density at radius 3 is 2.52 bits per heavy atom. The third-order valence-corrected chi connectivity index (χ3v) is 5.52. The molecule has 1 aliphatic heterocycles. The van der Waals surface area contributed by atoms with Gasteiger partial charge in [-0.25, -0.2) is 4.79 Å². The normalized spacial score (nSPS) is 14.6. The summed E-state index contributed by atoms with van der Waals surface area (Å²) in [4.78, 5) is 42.9. The van der Waals surface area contributed by atoms with Crippen LogP contribution in [0.5, 0.6) is 5.75 Å². The summed E-state index contributed by atoms with van der Waals surface area (Å²) >= 11 is 0. The van der Waals surface area contributed by atoms with Crippen molar-refractivity contribution in [1.29, 1.82) is 0 Å². The molecule has 0 spiro atoms. The van der Waals surface area contributed by atoms with Crippen molar-refractivity contribution in [2.75, 3.05) is 32.8 Å². The molecule has 1 saturated heterocycles. The number of aromatic amines is 1. The minimum absolute atomic E-state index is 0.0819. The highest BCUT2D eigenvalue weighted by Gasteiger charge is 2.25. The number of hydrogen-bond donors (Lipinski definition) is 1. The van der Waals surface area contributed by atoms with E-state index in [0.717, 1.165) is 6.42 Å². The van der Waals surface area contributed by atoms with E-state index in [1.807, 2.05) is 38.1 Å². The van der Waals surface area contributed by atoms with Gasteiger partial charge >= 0.3 is 6.09 Å². The van der Waals surface area contributed by atoms with Crippen LogP contribution in [0.2, 0.25) is 0 Å². The minimum atomic E-state index is -0.367.